The second kappa shape index (κ2) is 6.14. The zero-order valence-electron chi connectivity index (χ0n) is 11.4. The molecule has 0 unspecified atom stereocenters. The lowest BCUT2D eigenvalue weighted by molar-refractivity contribution is 0.0954. The third-order valence-corrected chi connectivity index (χ3v) is 3.96. The maximum absolute atomic E-state index is 12.1. The number of rotatable bonds is 4. The highest BCUT2D eigenvalue weighted by molar-refractivity contribution is 9.10. The molecule has 1 heterocycles. The second-order valence-electron chi connectivity index (χ2n) is 4.91. The van der Waals surface area contributed by atoms with Gasteiger partial charge in [-0.1, -0.05) is 34.1 Å². The van der Waals surface area contributed by atoms with Crippen molar-refractivity contribution in [2.75, 3.05) is 6.54 Å². The smallest absolute Gasteiger partial charge is 0.251 e. The Morgan fingerprint density at radius 3 is 2.71 bits per heavy atom. The van der Waals surface area contributed by atoms with Gasteiger partial charge in [-0.2, -0.15) is 0 Å². The topological polar surface area (TPSA) is 44.9 Å². The number of amides is 1. The van der Waals surface area contributed by atoms with Crippen molar-refractivity contribution < 1.29 is 4.79 Å². The van der Waals surface area contributed by atoms with Crippen LogP contribution in [-0.4, -0.2) is 17.4 Å². The van der Waals surface area contributed by atoms with Crippen molar-refractivity contribution in [3.8, 4) is 0 Å². The molecule has 0 aliphatic rings. The Balaban J connectivity index is 1.59. The Morgan fingerprint density at radius 2 is 1.90 bits per heavy atom. The predicted octanol–water partition coefficient (Wildman–Crippen LogP) is 3.90. The number of aromatic amines is 1. The molecule has 0 saturated heterocycles. The lowest BCUT2D eigenvalue weighted by atomic mass is 10.1. The van der Waals surface area contributed by atoms with Crippen LogP contribution in [0.25, 0.3) is 10.9 Å². The summed E-state index contributed by atoms with van der Waals surface area (Å²) in [6.45, 7) is 0.628. The zero-order chi connectivity index (χ0) is 14.7. The first-order valence-electron chi connectivity index (χ1n) is 6.82. The summed E-state index contributed by atoms with van der Waals surface area (Å²) in [6, 6.07) is 15.8. The molecular formula is C17H15BrN2O. The molecule has 0 saturated carbocycles. The standard InChI is InChI=1S/C17H15BrN2O/c18-15-5-1-12(2-6-15)7-9-20-17(21)14-4-3-13-8-10-19-16(13)11-14/h1-6,8,10-11,19H,7,9H2,(H,20,21). The van der Waals surface area contributed by atoms with Gasteiger partial charge in [0.2, 0.25) is 0 Å². The fourth-order valence-electron chi connectivity index (χ4n) is 2.26. The maximum Gasteiger partial charge on any atom is 0.251 e. The first-order chi connectivity index (χ1) is 10.2. The van der Waals surface area contributed by atoms with Crippen molar-refractivity contribution >= 4 is 32.7 Å². The van der Waals surface area contributed by atoms with Crippen LogP contribution in [0.15, 0.2) is 59.2 Å². The highest BCUT2D eigenvalue weighted by Gasteiger charge is 2.06. The van der Waals surface area contributed by atoms with E-state index in [-0.39, 0.29) is 5.91 Å². The van der Waals surface area contributed by atoms with Crippen molar-refractivity contribution in [2.24, 2.45) is 0 Å². The fraction of sp³-hybridized carbons (Fsp3) is 0.118. The molecule has 0 radical (unpaired) electrons. The van der Waals surface area contributed by atoms with Gasteiger partial charge in [0, 0.05) is 28.3 Å². The van der Waals surface area contributed by atoms with Gasteiger partial charge in [0.1, 0.15) is 0 Å². The second-order valence-corrected chi connectivity index (χ2v) is 5.83. The molecule has 0 bridgehead atoms. The van der Waals surface area contributed by atoms with Crippen LogP contribution in [0.4, 0.5) is 0 Å². The van der Waals surface area contributed by atoms with E-state index in [1.807, 2.05) is 42.6 Å². The molecule has 0 fully saturated rings. The van der Waals surface area contributed by atoms with Crippen molar-refractivity contribution in [3.63, 3.8) is 0 Å². The molecule has 4 heteroatoms. The number of fused-ring (bicyclic) bond motifs is 1. The Morgan fingerprint density at radius 1 is 1.10 bits per heavy atom. The van der Waals surface area contributed by atoms with Gasteiger partial charge in [-0.15, -0.1) is 0 Å². The summed E-state index contributed by atoms with van der Waals surface area (Å²) in [5, 5.41) is 4.07. The van der Waals surface area contributed by atoms with E-state index in [0.717, 1.165) is 21.8 Å². The Kier molecular flexibility index (Phi) is 4.06. The molecule has 106 valence electrons. The highest BCUT2D eigenvalue weighted by Crippen LogP contribution is 2.14. The molecular weight excluding hydrogens is 328 g/mol. The van der Waals surface area contributed by atoms with E-state index in [0.29, 0.717) is 12.1 Å². The van der Waals surface area contributed by atoms with Crippen molar-refractivity contribution in [1.82, 2.24) is 10.3 Å². The van der Waals surface area contributed by atoms with Crippen LogP contribution in [0.3, 0.4) is 0 Å². The number of aromatic nitrogens is 1. The van der Waals surface area contributed by atoms with E-state index in [1.165, 1.54) is 5.56 Å². The molecule has 3 rings (SSSR count). The largest absolute Gasteiger partial charge is 0.361 e. The normalized spacial score (nSPS) is 10.7. The van der Waals surface area contributed by atoms with Crippen molar-refractivity contribution in [2.45, 2.75) is 6.42 Å². The minimum atomic E-state index is -0.0383. The van der Waals surface area contributed by atoms with Crippen LogP contribution in [-0.2, 0) is 6.42 Å². The average molecular weight is 343 g/mol. The van der Waals surface area contributed by atoms with Gasteiger partial charge in [0.15, 0.2) is 0 Å². The van der Waals surface area contributed by atoms with Crippen LogP contribution in [0, 0.1) is 0 Å². The first-order valence-corrected chi connectivity index (χ1v) is 7.61. The van der Waals surface area contributed by atoms with Gasteiger partial charge in [-0.25, -0.2) is 0 Å². The van der Waals surface area contributed by atoms with Gasteiger partial charge in [0.05, 0.1) is 0 Å². The summed E-state index contributed by atoms with van der Waals surface area (Å²) in [4.78, 5) is 15.2. The highest BCUT2D eigenvalue weighted by atomic mass is 79.9. The van der Waals surface area contributed by atoms with Crippen molar-refractivity contribution in [3.05, 3.63) is 70.3 Å². The minimum absolute atomic E-state index is 0.0383. The molecule has 0 spiro atoms. The van der Waals surface area contributed by atoms with Crippen LogP contribution in [0.5, 0.6) is 0 Å². The van der Waals surface area contributed by atoms with E-state index in [9.17, 15) is 4.79 Å². The number of hydrogen-bond acceptors (Lipinski definition) is 1. The number of nitrogens with one attached hydrogen (secondary N) is 2. The van der Waals surface area contributed by atoms with E-state index in [1.54, 1.807) is 0 Å². The predicted molar refractivity (Wildman–Crippen MR) is 88.5 cm³/mol. The summed E-state index contributed by atoms with van der Waals surface area (Å²) in [6.07, 6.45) is 2.70. The summed E-state index contributed by atoms with van der Waals surface area (Å²) in [5.74, 6) is -0.0383. The molecule has 2 aromatic carbocycles. The van der Waals surface area contributed by atoms with Crippen LogP contribution >= 0.6 is 15.9 Å². The maximum atomic E-state index is 12.1. The van der Waals surface area contributed by atoms with Gasteiger partial charge < -0.3 is 10.3 Å². The van der Waals surface area contributed by atoms with Gasteiger partial charge >= 0.3 is 0 Å². The van der Waals surface area contributed by atoms with Crippen LogP contribution in [0.1, 0.15) is 15.9 Å². The zero-order valence-corrected chi connectivity index (χ0v) is 13.0. The molecule has 21 heavy (non-hydrogen) atoms. The SMILES string of the molecule is O=C(NCCc1ccc(Br)cc1)c1ccc2cc[nH]c2c1. The fourth-order valence-corrected chi connectivity index (χ4v) is 2.53. The Bertz CT molecular complexity index is 762. The number of benzene rings is 2. The molecule has 0 atom stereocenters. The Hall–Kier alpha value is -2.07. The molecule has 3 aromatic rings. The molecule has 1 aromatic heterocycles. The summed E-state index contributed by atoms with van der Waals surface area (Å²) in [5.41, 5.74) is 2.87. The van der Waals surface area contributed by atoms with Gasteiger partial charge in [-0.3, -0.25) is 4.79 Å². The number of carbonyl (C=O) groups excluding carboxylic acids is 1. The number of H-pyrrole nitrogens is 1. The van der Waals surface area contributed by atoms with Crippen LogP contribution < -0.4 is 5.32 Å². The van der Waals surface area contributed by atoms with Crippen LogP contribution in [0.2, 0.25) is 0 Å². The summed E-state index contributed by atoms with van der Waals surface area (Å²) < 4.78 is 1.06. The molecule has 2 N–H and O–H groups in total. The molecule has 3 nitrogen and oxygen atoms in total. The molecule has 1 amide bonds. The lowest BCUT2D eigenvalue weighted by Gasteiger charge is -2.06. The number of halogens is 1. The van der Waals surface area contributed by atoms with E-state index in [4.69, 9.17) is 0 Å². The minimum Gasteiger partial charge on any atom is -0.361 e. The van der Waals surface area contributed by atoms with Crippen molar-refractivity contribution in [1.29, 1.82) is 0 Å². The average Bonchev–Trinajstić information content (AvgIpc) is 2.96. The summed E-state index contributed by atoms with van der Waals surface area (Å²) in [7, 11) is 0. The van der Waals surface area contributed by atoms with Gasteiger partial charge in [0.25, 0.3) is 5.91 Å². The monoisotopic (exact) mass is 342 g/mol. The number of hydrogen-bond donors (Lipinski definition) is 2. The van der Waals surface area contributed by atoms with E-state index >= 15 is 0 Å². The third kappa shape index (κ3) is 3.34. The molecule has 0 aliphatic carbocycles. The lowest BCUT2D eigenvalue weighted by Crippen LogP contribution is -2.25. The summed E-state index contributed by atoms with van der Waals surface area (Å²) >= 11 is 3.41. The van der Waals surface area contributed by atoms with Gasteiger partial charge in [-0.05, 0) is 47.7 Å². The molecule has 0 aliphatic heterocycles. The Labute approximate surface area is 131 Å². The van der Waals surface area contributed by atoms with E-state index < -0.39 is 0 Å². The van der Waals surface area contributed by atoms with E-state index in [2.05, 4.69) is 38.4 Å². The quantitative estimate of drug-likeness (QED) is 0.741. The third-order valence-electron chi connectivity index (χ3n) is 3.43. The number of carbonyl (C=O) groups is 1. The first kappa shape index (κ1) is 13.9.